The largest absolute Gasteiger partial charge is 0.474 e. The van der Waals surface area contributed by atoms with E-state index in [1.54, 1.807) is 0 Å². The number of benzene rings is 1. The SMILES string of the molecule is COCCOc1cnc(C(=O)Cc2ccc(F)c([C@]3(C(F)F)COCC(N)=N3)c2)cn1.Cl. The van der Waals surface area contributed by atoms with Gasteiger partial charge in [0.2, 0.25) is 5.88 Å². The maximum atomic E-state index is 14.5. The van der Waals surface area contributed by atoms with Crippen molar-refractivity contribution in [3.05, 3.63) is 53.2 Å². The Morgan fingerprint density at radius 2 is 2.06 bits per heavy atom. The monoisotopic (exact) mass is 474 g/mol. The molecule has 1 aromatic carbocycles. The molecular weight excluding hydrogens is 453 g/mol. The van der Waals surface area contributed by atoms with Gasteiger partial charge in [-0.3, -0.25) is 9.79 Å². The number of nitrogens with two attached hydrogens (primary N) is 1. The average molecular weight is 475 g/mol. The quantitative estimate of drug-likeness (QED) is 0.439. The van der Waals surface area contributed by atoms with Gasteiger partial charge in [0.25, 0.3) is 6.43 Å². The number of hydrogen-bond acceptors (Lipinski definition) is 8. The molecule has 2 heterocycles. The molecule has 0 radical (unpaired) electrons. The van der Waals surface area contributed by atoms with Gasteiger partial charge in [-0.15, -0.1) is 12.4 Å². The number of nitrogens with zero attached hydrogens (tertiary/aromatic N) is 3. The van der Waals surface area contributed by atoms with Crippen LogP contribution < -0.4 is 10.5 Å². The summed E-state index contributed by atoms with van der Waals surface area (Å²) in [5.74, 6) is -1.25. The molecular formula is C20H22ClF3N4O4. The molecule has 0 fully saturated rings. The Morgan fingerprint density at radius 3 is 2.69 bits per heavy atom. The first-order chi connectivity index (χ1) is 14.9. The van der Waals surface area contributed by atoms with Crippen molar-refractivity contribution in [1.29, 1.82) is 0 Å². The topological polar surface area (TPSA) is 109 Å². The van der Waals surface area contributed by atoms with Crippen molar-refractivity contribution >= 4 is 24.0 Å². The third-order valence-corrected chi connectivity index (χ3v) is 4.59. The van der Waals surface area contributed by atoms with Gasteiger partial charge >= 0.3 is 0 Å². The number of carbonyl (C=O) groups excluding carboxylic acids is 1. The maximum Gasteiger partial charge on any atom is 0.269 e. The summed E-state index contributed by atoms with van der Waals surface area (Å²) < 4.78 is 57.5. The minimum Gasteiger partial charge on any atom is -0.474 e. The summed E-state index contributed by atoms with van der Waals surface area (Å²) in [5.41, 5.74) is 3.27. The van der Waals surface area contributed by atoms with Crippen LogP contribution in [0.1, 0.15) is 21.6 Å². The molecule has 0 unspecified atom stereocenters. The van der Waals surface area contributed by atoms with E-state index >= 15 is 0 Å². The van der Waals surface area contributed by atoms with Crippen LogP contribution in [0.3, 0.4) is 0 Å². The van der Waals surface area contributed by atoms with Crippen molar-refractivity contribution in [1.82, 2.24) is 9.97 Å². The van der Waals surface area contributed by atoms with Crippen LogP contribution in [0, 0.1) is 5.82 Å². The first-order valence-electron chi connectivity index (χ1n) is 9.31. The fourth-order valence-corrected chi connectivity index (χ4v) is 3.05. The number of hydrogen-bond donors (Lipinski definition) is 1. The molecule has 3 rings (SSSR count). The van der Waals surface area contributed by atoms with Crippen molar-refractivity contribution in [3.63, 3.8) is 0 Å². The van der Waals surface area contributed by atoms with Gasteiger partial charge in [0.1, 0.15) is 30.6 Å². The Hall–Kier alpha value is -2.76. The van der Waals surface area contributed by atoms with Crippen LogP contribution in [-0.4, -0.2) is 61.5 Å². The Bertz CT molecular complexity index is 962. The molecule has 1 aromatic heterocycles. The number of alkyl halides is 2. The van der Waals surface area contributed by atoms with Crippen molar-refractivity contribution in [2.45, 2.75) is 18.4 Å². The molecule has 2 N–H and O–H groups in total. The van der Waals surface area contributed by atoms with Gasteiger partial charge < -0.3 is 19.9 Å². The zero-order chi connectivity index (χ0) is 22.4. The van der Waals surface area contributed by atoms with Crippen molar-refractivity contribution in [2.24, 2.45) is 10.7 Å². The molecule has 1 aliphatic rings. The Labute approximate surface area is 188 Å². The lowest BCUT2D eigenvalue weighted by Crippen LogP contribution is -2.45. The van der Waals surface area contributed by atoms with Gasteiger partial charge in [-0.05, 0) is 17.7 Å². The lowest BCUT2D eigenvalue weighted by atomic mass is 9.88. The van der Waals surface area contributed by atoms with Crippen LogP contribution in [-0.2, 0) is 21.4 Å². The zero-order valence-electron chi connectivity index (χ0n) is 17.1. The number of rotatable bonds is 9. The summed E-state index contributed by atoms with van der Waals surface area (Å²) >= 11 is 0. The van der Waals surface area contributed by atoms with Crippen molar-refractivity contribution in [3.8, 4) is 5.88 Å². The van der Waals surface area contributed by atoms with E-state index in [9.17, 15) is 18.0 Å². The van der Waals surface area contributed by atoms with E-state index in [-0.39, 0.29) is 55.0 Å². The number of aromatic nitrogens is 2. The number of Topliss-reactive ketones (excluding diaryl/α,β-unsaturated/α-hetero) is 1. The van der Waals surface area contributed by atoms with Gasteiger partial charge in [-0.25, -0.2) is 23.1 Å². The lowest BCUT2D eigenvalue weighted by molar-refractivity contribution is -0.0146. The van der Waals surface area contributed by atoms with Crippen LogP contribution in [0.4, 0.5) is 13.2 Å². The summed E-state index contributed by atoms with van der Waals surface area (Å²) in [4.78, 5) is 24.4. The fraction of sp³-hybridized carbons (Fsp3) is 0.400. The molecule has 8 nitrogen and oxygen atoms in total. The van der Waals surface area contributed by atoms with Gasteiger partial charge in [-0.1, -0.05) is 6.07 Å². The molecule has 0 aliphatic carbocycles. The average Bonchev–Trinajstić information content (AvgIpc) is 2.75. The van der Waals surface area contributed by atoms with Crippen LogP contribution in [0.15, 0.2) is 35.6 Å². The van der Waals surface area contributed by atoms with Gasteiger partial charge in [0, 0.05) is 19.1 Å². The molecule has 0 bridgehead atoms. The van der Waals surface area contributed by atoms with E-state index in [2.05, 4.69) is 15.0 Å². The van der Waals surface area contributed by atoms with Gasteiger partial charge in [0.05, 0.1) is 25.6 Å². The third-order valence-electron chi connectivity index (χ3n) is 4.59. The minimum absolute atomic E-state index is 0. The first kappa shape index (κ1) is 25.5. The van der Waals surface area contributed by atoms with E-state index in [1.807, 2.05) is 0 Å². The standard InChI is InChI=1S/C20H21F3N4O4.ClH/c1-29-4-5-31-18-9-25-15(8-26-18)16(28)7-12-2-3-14(21)13(6-12)20(19(22)23)11-30-10-17(24)27-20;/h2-3,6,8-9,19H,4-5,7,10-11H2,1H3,(H2,24,27);1H/t20-;/m0./s1. The number of aliphatic imine (C=N–C) groups is 1. The third kappa shape index (κ3) is 5.72. The minimum atomic E-state index is -3.07. The second kappa shape index (κ2) is 11.2. The summed E-state index contributed by atoms with van der Waals surface area (Å²) in [6.45, 7) is 0.00331. The van der Waals surface area contributed by atoms with E-state index in [1.165, 1.54) is 31.6 Å². The molecule has 32 heavy (non-hydrogen) atoms. The predicted molar refractivity (Wildman–Crippen MR) is 111 cm³/mol. The number of ketones is 1. The van der Waals surface area contributed by atoms with Gasteiger partial charge in [-0.2, -0.15) is 0 Å². The predicted octanol–water partition coefficient (Wildman–Crippen LogP) is 2.34. The highest BCUT2D eigenvalue weighted by atomic mass is 35.5. The molecule has 0 saturated carbocycles. The van der Waals surface area contributed by atoms with Crippen LogP contribution in [0.25, 0.3) is 0 Å². The van der Waals surface area contributed by atoms with E-state index < -0.39 is 30.2 Å². The Balaban J connectivity index is 0.00000363. The number of methoxy groups -OCH3 is 1. The zero-order valence-corrected chi connectivity index (χ0v) is 17.9. The van der Waals surface area contributed by atoms with E-state index in [0.717, 1.165) is 6.07 Å². The second-order valence-corrected chi connectivity index (χ2v) is 6.82. The highest BCUT2D eigenvalue weighted by Crippen LogP contribution is 2.37. The van der Waals surface area contributed by atoms with E-state index in [0.29, 0.717) is 12.2 Å². The smallest absolute Gasteiger partial charge is 0.269 e. The first-order valence-corrected chi connectivity index (χ1v) is 9.31. The molecule has 174 valence electrons. The summed E-state index contributed by atoms with van der Waals surface area (Å²) in [5, 5.41) is 0. The van der Waals surface area contributed by atoms with E-state index in [4.69, 9.17) is 19.9 Å². The Kier molecular flexibility index (Phi) is 8.93. The lowest BCUT2D eigenvalue weighted by Gasteiger charge is -2.33. The van der Waals surface area contributed by atoms with Gasteiger partial charge in [0.15, 0.2) is 11.3 Å². The maximum absolute atomic E-state index is 14.5. The fourth-order valence-electron chi connectivity index (χ4n) is 3.05. The highest BCUT2D eigenvalue weighted by molar-refractivity contribution is 5.95. The molecule has 12 heteroatoms. The number of carbonyl (C=O) groups is 1. The van der Waals surface area contributed by atoms with Crippen LogP contribution >= 0.6 is 12.4 Å². The molecule has 0 spiro atoms. The number of ether oxygens (including phenoxy) is 3. The summed E-state index contributed by atoms with van der Waals surface area (Å²) in [6, 6.07) is 3.53. The molecule has 1 aliphatic heterocycles. The normalized spacial score (nSPS) is 18.1. The molecule has 0 amide bonds. The second-order valence-electron chi connectivity index (χ2n) is 6.82. The number of amidine groups is 1. The van der Waals surface area contributed by atoms with Crippen molar-refractivity contribution in [2.75, 3.05) is 33.5 Å². The Morgan fingerprint density at radius 1 is 1.28 bits per heavy atom. The number of halogens is 4. The summed E-state index contributed by atoms with van der Waals surface area (Å²) in [7, 11) is 1.53. The van der Waals surface area contributed by atoms with Crippen molar-refractivity contribution < 1.29 is 32.2 Å². The highest BCUT2D eigenvalue weighted by Gasteiger charge is 2.46. The molecule has 2 aromatic rings. The van der Waals surface area contributed by atoms with Crippen LogP contribution in [0.5, 0.6) is 5.88 Å². The molecule has 1 atom stereocenters. The van der Waals surface area contributed by atoms with Crippen LogP contribution in [0.2, 0.25) is 0 Å². The summed E-state index contributed by atoms with van der Waals surface area (Å²) in [6.07, 6.45) is -0.731. The molecule has 0 saturated heterocycles.